The average molecular weight is 293 g/mol. The van der Waals surface area contributed by atoms with Crippen molar-refractivity contribution in [2.75, 3.05) is 6.61 Å². The molecule has 0 saturated carbocycles. The lowest BCUT2D eigenvalue weighted by atomic mass is 10.00. The highest BCUT2D eigenvalue weighted by Crippen LogP contribution is 2.32. The minimum absolute atomic E-state index is 0.122. The SMILES string of the molecule is O=C(c1cc(Cl)cc(Cl)c1)c1cccc2c1OCC2. The van der Waals surface area contributed by atoms with Crippen LogP contribution in [0.15, 0.2) is 36.4 Å². The molecule has 0 spiro atoms. The number of carbonyl (C=O) groups is 1. The Balaban J connectivity index is 2.07. The summed E-state index contributed by atoms with van der Waals surface area (Å²) in [5, 5.41) is 0.897. The second kappa shape index (κ2) is 4.87. The van der Waals surface area contributed by atoms with Crippen LogP contribution in [-0.4, -0.2) is 12.4 Å². The number of fused-ring (bicyclic) bond motifs is 1. The first kappa shape index (κ1) is 12.5. The van der Waals surface area contributed by atoms with Gasteiger partial charge in [-0.3, -0.25) is 4.79 Å². The summed E-state index contributed by atoms with van der Waals surface area (Å²) in [7, 11) is 0. The number of ether oxygens (including phenoxy) is 1. The van der Waals surface area contributed by atoms with E-state index in [-0.39, 0.29) is 5.78 Å². The summed E-state index contributed by atoms with van der Waals surface area (Å²) in [6.45, 7) is 0.621. The lowest BCUT2D eigenvalue weighted by Gasteiger charge is -2.07. The van der Waals surface area contributed by atoms with E-state index in [0.717, 1.165) is 12.0 Å². The van der Waals surface area contributed by atoms with Gasteiger partial charge in [0.25, 0.3) is 0 Å². The van der Waals surface area contributed by atoms with E-state index in [2.05, 4.69) is 0 Å². The number of hydrogen-bond acceptors (Lipinski definition) is 2. The summed E-state index contributed by atoms with van der Waals surface area (Å²) in [4.78, 5) is 12.5. The fourth-order valence-corrected chi connectivity index (χ4v) is 2.76. The van der Waals surface area contributed by atoms with Crippen molar-refractivity contribution in [2.45, 2.75) is 6.42 Å². The molecule has 1 aliphatic heterocycles. The van der Waals surface area contributed by atoms with Gasteiger partial charge in [0, 0.05) is 22.0 Å². The molecule has 19 heavy (non-hydrogen) atoms. The molecule has 1 heterocycles. The van der Waals surface area contributed by atoms with Gasteiger partial charge in [0.1, 0.15) is 5.75 Å². The Morgan fingerprint density at radius 3 is 2.58 bits per heavy atom. The fraction of sp³-hybridized carbons (Fsp3) is 0.133. The third-order valence-electron chi connectivity index (χ3n) is 3.08. The minimum atomic E-state index is -0.122. The number of carbonyl (C=O) groups excluding carboxylic acids is 1. The normalized spacial score (nSPS) is 12.9. The summed E-state index contributed by atoms with van der Waals surface area (Å²) < 4.78 is 5.55. The van der Waals surface area contributed by atoms with Crippen molar-refractivity contribution in [3.8, 4) is 5.75 Å². The van der Waals surface area contributed by atoms with Crippen molar-refractivity contribution in [3.05, 3.63) is 63.1 Å². The number of ketones is 1. The van der Waals surface area contributed by atoms with E-state index in [9.17, 15) is 4.79 Å². The first-order valence-corrected chi connectivity index (χ1v) is 6.66. The molecule has 0 atom stereocenters. The molecular formula is C15H10Cl2O2. The van der Waals surface area contributed by atoms with Crippen LogP contribution < -0.4 is 4.74 Å². The summed E-state index contributed by atoms with van der Waals surface area (Å²) in [5.41, 5.74) is 2.11. The van der Waals surface area contributed by atoms with Crippen molar-refractivity contribution in [3.63, 3.8) is 0 Å². The predicted octanol–water partition coefficient (Wildman–Crippen LogP) is 4.16. The van der Waals surface area contributed by atoms with Gasteiger partial charge in [-0.15, -0.1) is 0 Å². The Kier molecular flexibility index (Phi) is 3.21. The van der Waals surface area contributed by atoms with Gasteiger partial charge in [-0.1, -0.05) is 35.3 Å². The van der Waals surface area contributed by atoms with Crippen LogP contribution in [0.4, 0.5) is 0 Å². The Morgan fingerprint density at radius 2 is 1.84 bits per heavy atom. The highest BCUT2D eigenvalue weighted by atomic mass is 35.5. The van der Waals surface area contributed by atoms with Crippen molar-refractivity contribution in [2.24, 2.45) is 0 Å². The van der Waals surface area contributed by atoms with Crippen molar-refractivity contribution in [1.29, 1.82) is 0 Å². The molecule has 0 fully saturated rings. The maximum Gasteiger partial charge on any atom is 0.196 e. The monoisotopic (exact) mass is 292 g/mol. The molecule has 1 aliphatic rings. The van der Waals surface area contributed by atoms with Crippen molar-refractivity contribution in [1.82, 2.24) is 0 Å². The van der Waals surface area contributed by atoms with E-state index >= 15 is 0 Å². The van der Waals surface area contributed by atoms with Crippen LogP contribution in [0.5, 0.6) is 5.75 Å². The number of para-hydroxylation sites is 1. The first-order valence-electron chi connectivity index (χ1n) is 5.90. The third kappa shape index (κ3) is 2.34. The van der Waals surface area contributed by atoms with E-state index in [4.69, 9.17) is 27.9 Å². The summed E-state index contributed by atoms with van der Waals surface area (Å²) in [5.74, 6) is 0.562. The maximum absolute atomic E-state index is 12.5. The van der Waals surface area contributed by atoms with Gasteiger partial charge in [-0.2, -0.15) is 0 Å². The molecule has 2 aromatic carbocycles. The molecule has 96 valence electrons. The van der Waals surface area contributed by atoms with Crippen LogP contribution in [0.2, 0.25) is 10.0 Å². The summed E-state index contributed by atoms with van der Waals surface area (Å²) in [6, 6.07) is 10.4. The van der Waals surface area contributed by atoms with Gasteiger partial charge in [0.2, 0.25) is 0 Å². The van der Waals surface area contributed by atoms with E-state index < -0.39 is 0 Å². The van der Waals surface area contributed by atoms with E-state index in [1.165, 1.54) is 0 Å². The van der Waals surface area contributed by atoms with Crippen LogP contribution in [-0.2, 0) is 6.42 Å². The Bertz CT molecular complexity index is 645. The van der Waals surface area contributed by atoms with Crippen LogP contribution in [0, 0.1) is 0 Å². The maximum atomic E-state index is 12.5. The number of hydrogen-bond donors (Lipinski definition) is 0. The largest absolute Gasteiger partial charge is 0.492 e. The predicted molar refractivity (Wildman–Crippen MR) is 75.5 cm³/mol. The number of rotatable bonds is 2. The van der Waals surface area contributed by atoms with Crippen molar-refractivity contribution < 1.29 is 9.53 Å². The molecule has 0 unspecified atom stereocenters. The van der Waals surface area contributed by atoms with Crippen molar-refractivity contribution >= 4 is 29.0 Å². The first-order chi connectivity index (χ1) is 9.15. The number of halogens is 2. The van der Waals surface area contributed by atoms with Gasteiger partial charge in [0.05, 0.1) is 12.2 Å². The molecule has 0 saturated heterocycles. The Hall–Kier alpha value is -1.51. The smallest absolute Gasteiger partial charge is 0.196 e. The zero-order chi connectivity index (χ0) is 13.4. The van der Waals surface area contributed by atoms with Gasteiger partial charge < -0.3 is 4.74 Å². The second-order valence-corrected chi connectivity index (χ2v) is 5.25. The standard InChI is InChI=1S/C15H10Cl2O2/c16-11-6-10(7-12(17)8-11)14(18)13-3-1-2-9-4-5-19-15(9)13/h1-3,6-8H,4-5H2. The lowest BCUT2D eigenvalue weighted by molar-refractivity contribution is 0.103. The van der Waals surface area contributed by atoms with Gasteiger partial charge in [-0.25, -0.2) is 0 Å². The van der Waals surface area contributed by atoms with E-state index in [1.54, 1.807) is 24.3 Å². The van der Waals surface area contributed by atoms with Crippen LogP contribution in [0.3, 0.4) is 0 Å². The number of benzene rings is 2. The molecule has 2 nitrogen and oxygen atoms in total. The van der Waals surface area contributed by atoms with Crippen LogP contribution >= 0.6 is 23.2 Å². The highest BCUT2D eigenvalue weighted by Gasteiger charge is 2.21. The van der Waals surface area contributed by atoms with Crippen LogP contribution in [0.25, 0.3) is 0 Å². The van der Waals surface area contributed by atoms with E-state index in [0.29, 0.717) is 33.5 Å². The molecule has 4 heteroatoms. The molecular weight excluding hydrogens is 283 g/mol. The zero-order valence-electron chi connectivity index (χ0n) is 9.95. The zero-order valence-corrected chi connectivity index (χ0v) is 11.5. The summed E-state index contributed by atoms with van der Waals surface area (Å²) >= 11 is 11.9. The molecule has 0 aliphatic carbocycles. The van der Waals surface area contributed by atoms with Gasteiger partial charge in [0.15, 0.2) is 5.78 Å². The Morgan fingerprint density at radius 1 is 1.11 bits per heavy atom. The molecule has 0 radical (unpaired) electrons. The second-order valence-electron chi connectivity index (χ2n) is 4.38. The minimum Gasteiger partial charge on any atom is -0.492 e. The molecule has 3 rings (SSSR count). The quantitative estimate of drug-likeness (QED) is 0.777. The van der Waals surface area contributed by atoms with E-state index in [1.807, 2.05) is 12.1 Å². The highest BCUT2D eigenvalue weighted by molar-refractivity contribution is 6.35. The Labute approximate surface area is 120 Å². The van der Waals surface area contributed by atoms with Gasteiger partial charge in [-0.05, 0) is 29.8 Å². The summed E-state index contributed by atoms with van der Waals surface area (Å²) in [6.07, 6.45) is 0.840. The molecule has 2 aromatic rings. The molecule has 0 amide bonds. The topological polar surface area (TPSA) is 26.3 Å². The van der Waals surface area contributed by atoms with Gasteiger partial charge >= 0.3 is 0 Å². The lowest BCUT2D eigenvalue weighted by Crippen LogP contribution is -2.03. The van der Waals surface area contributed by atoms with Crippen LogP contribution in [0.1, 0.15) is 21.5 Å². The molecule has 0 aromatic heterocycles. The molecule has 0 N–H and O–H groups in total. The molecule has 0 bridgehead atoms. The average Bonchev–Trinajstić information content (AvgIpc) is 2.84. The third-order valence-corrected chi connectivity index (χ3v) is 3.52. The fourth-order valence-electron chi connectivity index (χ4n) is 2.23.